The van der Waals surface area contributed by atoms with E-state index >= 15 is 0 Å². The van der Waals surface area contributed by atoms with E-state index in [2.05, 4.69) is 4.98 Å². The highest BCUT2D eigenvalue weighted by Gasteiger charge is 2.17. The third-order valence-electron chi connectivity index (χ3n) is 4.48. The van der Waals surface area contributed by atoms with Crippen molar-refractivity contribution in [3.63, 3.8) is 0 Å². The molecule has 0 spiro atoms. The van der Waals surface area contributed by atoms with Crippen LogP contribution in [0.1, 0.15) is 28.4 Å². The fraction of sp³-hybridized carbons (Fsp3) is 0.0952. The summed E-state index contributed by atoms with van der Waals surface area (Å²) in [6.45, 7) is 1.96. The number of aryl methyl sites for hydroxylation is 1. The zero-order valence-electron chi connectivity index (χ0n) is 14.3. The topological polar surface area (TPSA) is 80.4 Å². The number of fused-ring (bicyclic) bond motifs is 3. The molecule has 0 saturated heterocycles. The average molecular weight is 380 g/mol. The molecule has 5 nitrogen and oxygen atoms in total. The molecule has 4 aromatic rings. The van der Waals surface area contributed by atoms with Crippen LogP contribution in [-0.4, -0.2) is 15.9 Å². The lowest BCUT2D eigenvalue weighted by molar-refractivity contribution is 0.103. The zero-order valence-corrected chi connectivity index (χ0v) is 15.1. The van der Waals surface area contributed by atoms with Gasteiger partial charge in [0.15, 0.2) is 5.78 Å². The lowest BCUT2D eigenvalue weighted by Crippen LogP contribution is -2.07. The molecule has 0 unspecified atom stereocenters. The van der Waals surface area contributed by atoms with Crippen LogP contribution in [-0.2, 0) is 6.42 Å². The number of nitrogens with zero attached hydrogens (tertiary/aromatic N) is 1. The molecule has 1 N–H and O–H groups in total. The van der Waals surface area contributed by atoms with Crippen LogP contribution in [0.2, 0.25) is 5.02 Å². The Hall–Kier alpha value is -3.18. The quantitative estimate of drug-likeness (QED) is 0.322. The molecular formula is C21H14ClNO4. The number of rotatable bonds is 3. The maximum atomic E-state index is 12.9. The molecule has 0 bridgehead atoms. The van der Waals surface area contributed by atoms with Crippen LogP contribution < -0.4 is 5.63 Å². The maximum absolute atomic E-state index is 12.9. The minimum absolute atomic E-state index is 0.116. The molecular weight excluding hydrogens is 366 g/mol. The summed E-state index contributed by atoms with van der Waals surface area (Å²) in [4.78, 5) is 29.5. The summed E-state index contributed by atoms with van der Waals surface area (Å²) in [5, 5.41) is 11.3. The van der Waals surface area contributed by atoms with Gasteiger partial charge in [-0.3, -0.25) is 9.78 Å². The van der Waals surface area contributed by atoms with Crippen LogP contribution in [0.25, 0.3) is 21.9 Å². The van der Waals surface area contributed by atoms with E-state index in [1.807, 2.05) is 6.92 Å². The first kappa shape index (κ1) is 17.2. The number of pyridine rings is 1. The summed E-state index contributed by atoms with van der Waals surface area (Å²) in [7, 11) is 0. The number of carbonyl (C=O) groups is 1. The van der Waals surface area contributed by atoms with Gasteiger partial charge in [-0.2, -0.15) is 0 Å². The van der Waals surface area contributed by atoms with Crippen LogP contribution in [0.3, 0.4) is 0 Å². The largest absolute Gasteiger partial charge is 0.507 e. The monoisotopic (exact) mass is 379 g/mol. The highest BCUT2D eigenvalue weighted by Crippen LogP contribution is 2.27. The second-order valence-corrected chi connectivity index (χ2v) is 6.62. The van der Waals surface area contributed by atoms with Crippen LogP contribution in [0.4, 0.5) is 0 Å². The van der Waals surface area contributed by atoms with Crippen molar-refractivity contribution in [2.75, 3.05) is 0 Å². The normalized spacial score (nSPS) is 11.2. The number of aromatic nitrogens is 1. The predicted molar refractivity (Wildman–Crippen MR) is 104 cm³/mol. The van der Waals surface area contributed by atoms with Crippen molar-refractivity contribution in [2.45, 2.75) is 13.3 Å². The molecule has 27 heavy (non-hydrogen) atoms. The second-order valence-electron chi connectivity index (χ2n) is 6.18. The predicted octanol–water partition coefficient (Wildman–Crippen LogP) is 4.49. The van der Waals surface area contributed by atoms with E-state index in [0.717, 1.165) is 12.0 Å². The molecule has 134 valence electrons. The minimum atomic E-state index is -0.589. The molecule has 0 saturated carbocycles. The van der Waals surface area contributed by atoms with Crippen LogP contribution in [0.5, 0.6) is 5.75 Å². The van der Waals surface area contributed by atoms with Gasteiger partial charge in [0.2, 0.25) is 0 Å². The number of hydrogen-bond donors (Lipinski definition) is 1. The number of phenols is 1. The van der Waals surface area contributed by atoms with Crippen molar-refractivity contribution in [1.29, 1.82) is 0 Å². The Balaban J connectivity index is 1.91. The number of carbonyl (C=O) groups excluding carboxylic acids is 1. The van der Waals surface area contributed by atoms with E-state index in [-0.39, 0.29) is 22.3 Å². The summed E-state index contributed by atoms with van der Waals surface area (Å²) in [6.07, 6.45) is 2.12. The number of hydrogen-bond acceptors (Lipinski definition) is 5. The van der Waals surface area contributed by atoms with Crippen molar-refractivity contribution in [1.82, 2.24) is 4.98 Å². The third kappa shape index (κ3) is 2.96. The van der Waals surface area contributed by atoms with E-state index in [1.54, 1.807) is 30.3 Å². The Morgan fingerprint density at radius 2 is 1.96 bits per heavy atom. The van der Waals surface area contributed by atoms with Gasteiger partial charge in [-0.1, -0.05) is 24.6 Å². The van der Waals surface area contributed by atoms with Crippen molar-refractivity contribution in [2.24, 2.45) is 0 Å². The molecule has 0 fully saturated rings. The minimum Gasteiger partial charge on any atom is -0.507 e. The van der Waals surface area contributed by atoms with Crippen molar-refractivity contribution in [3.05, 3.63) is 80.8 Å². The number of ketones is 1. The lowest BCUT2D eigenvalue weighted by Gasteiger charge is -2.07. The maximum Gasteiger partial charge on any atom is 0.345 e. The molecule has 0 aliphatic carbocycles. The third-order valence-corrected chi connectivity index (χ3v) is 4.72. The number of halogens is 1. The van der Waals surface area contributed by atoms with Gasteiger partial charge in [-0.05, 0) is 48.4 Å². The van der Waals surface area contributed by atoms with Gasteiger partial charge in [0, 0.05) is 22.2 Å². The summed E-state index contributed by atoms with van der Waals surface area (Å²) in [5.74, 6) is -0.530. The summed E-state index contributed by atoms with van der Waals surface area (Å²) in [5.41, 5.74) is 1.48. The first-order chi connectivity index (χ1) is 13.0. The Morgan fingerprint density at radius 1 is 1.15 bits per heavy atom. The van der Waals surface area contributed by atoms with Gasteiger partial charge in [-0.25, -0.2) is 4.79 Å². The molecule has 2 aromatic heterocycles. The zero-order chi connectivity index (χ0) is 19.1. The molecule has 2 heterocycles. The Kier molecular flexibility index (Phi) is 4.16. The molecule has 6 heteroatoms. The molecule has 0 radical (unpaired) electrons. The van der Waals surface area contributed by atoms with Gasteiger partial charge in [0.05, 0.1) is 16.5 Å². The van der Waals surface area contributed by atoms with Gasteiger partial charge in [-0.15, -0.1) is 0 Å². The van der Waals surface area contributed by atoms with Crippen LogP contribution >= 0.6 is 11.6 Å². The van der Waals surface area contributed by atoms with Crippen LogP contribution in [0.15, 0.2) is 57.9 Å². The summed E-state index contributed by atoms with van der Waals surface area (Å²) >= 11 is 6.04. The molecule has 0 atom stereocenters. The fourth-order valence-electron chi connectivity index (χ4n) is 3.03. The summed E-state index contributed by atoms with van der Waals surface area (Å²) < 4.78 is 5.32. The smallest absolute Gasteiger partial charge is 0.345 e. The SMILES string of the molecule is CCc1ccc(O)c(C(=O)c2cnc3c(c2)c(=O)oc2ccc(Cl)cc23)c1. The lowest BCUT2D eigenvalue weighted by atomic mass is 9.99. The molecule has 0 aliphatic heterocycles. The highest BCUT2D eigenvalue weighted by molar-refractivity contribution is 6.31. The van der Waals surface area contributed by atoms with E-state index in [1.165, 1.54) is 18.3 Å². The summed E-state index contributed by atoms with van der Waals surface area (Å²) in [6, 6.07) is 11.2. The van der Waals surface area contributed by atoms with E-state index in [0.29, 0.717) is 21.5 Å². The Labute approximate surface area is 158 Å². The average Bonchev–Trinajstić information content (AvgIpc) is 2.68. The first-order valence-electron chi connectivity index (χ1n) is 8.36. The van der Waals surface area contributed by atoms with E-state index in [4.69, 9.17) is 16.0 Å². The van der Waals surface area contributed by atoms with E-state index < -0.39 is 11.4 Å². The van der Waals surface area contributed by atoms with Crippen LogP contribution in [0, 0.1) is 0 Å². The highest BCUT2D eigenvalue weighted by atomic mass is 35.5. The Morgan fingerprint density at radius 3 is 2.74 bits per heavy atom. The van der Waals surface area contributed by atoms with Gasteiger partial charge in [0.25, 0.3) is 0 Å². The van der Waals surface area contributed by atoms with Crippen molar-refractivity contribution in [3.8, 4) is 5.75 Å². The van der Waals surface area contributed by atoms with Gasteiger partial charge < -0.3 is 9.52 Å². The van der Waals surface area contributed by atoms with Crippen molar-refractivity contribution >= 4 is 39.3 Å². The molecule has 2 aromatic carbocycles. The van der Waals surface area contributed by atoms with Crippen molar-refractivity contribution < 1.29 is 14.3 Å². The fourth-order valence-corrected chi connectivity index (χ4v) is 3.20. The number of benzene rings is 2. The Bertz CT molecular complexity index is 1280. The standard InChI is InChI=1S/C21H14ClNO4/c1-2-11-3-5-17(24)14(7-11)20(25)12-8-16-19(23-10-12)15-9-13(22)4-6-18(15)27-21(16)26/h3-10,24H,2H2,1H3. The van der Waals surface area contributed by atoms with Gasteiger partial charge >= 0.3 is 5.63 Å². The van der Waals surface area contributed by atoms with Gasteiger partial charge in [0.1, 0.15) is 11.3 Å². The number of phenolic OH excluding ortho intramolecular Hbond substituents is 1. The van der Waals surface area contributed by atoms with E-state index in [9.17, 15) is 14.7 Å². The molecule has 0 amide bonds. The number of aromatic hydroxyl groups is 1. The first-order valence-corrected chi connectivity index (χ1v) is 8.74. The molecule has 0 aliphatic rings. The second kappa shape index (κ2) is 6.52. The molecule has 4 rings (SSSR count).